The number of hydrogen-bond acceptors (Lipinski definition) is 2. The molecule has 0 heterocycles. The molecule has 2 rings (SSSR count). The van der Waals surface area contributed by atoms with Crippen LogP contribution >= 0.6 is 0 Å². The highest BCUT2D eigenvalue weighted by molar-refractivity contribution is 5.93. The zero-order valence-corrected chi connectivity index (χ0v) is 11.6. The van der Waals surface area contributed by atoms with Gasteiger partial charge in [-0.05, 0) is 23.3 Å². The van der Waals surface area contributed by atoms with E-state index in [1.165, 1.54) is 16.5 Å². The monoisotopic (exact) mass is 252 g/mol. The van der Waals surface area contributed by atoms with Gasteiger partial charge >= 0.3 is 0 Å². The Kier molecular flexibility index (Phi) is 4.06. The number of anilines is 1. The minimum atomic E-state index is 0.132. The molecule has 0 aromatic heterocycles. The van der Waals surface area contributed by atoms with E-state index in [0.29, 0.717) is 6.42 Å². The molecule has 0 bridgehead atoms. The van der Waals surface area contributed by atoms with Crippen molar-refractivity contribution in [3.05, 3.63) is 42.5 Å². The molecular weight excluding hydrogens is 232 g/mol. The lowest BCUT2D eigenvalue weighted by Gasteiger charge is -2.24. The van der Waals surface area contributed by atoms with Crippen LogP contribution in [0, 0.1) is 16.7 Å². The largest absolute Gasteiger partial charge is 0.384 e. The summed E-state index contributed by atoms with van der Waals surface area (Å²) in [5.41, 5.74) is 1.30. The fourth-order valence-corrected chi connectivity index (χ4v) is 2.20. The predicted molar refractivity (Wildman–Crippen MR) is 81.1 cm³/mol. The maximum Gasteiger partial charge on any atom is 0.0621 e. The highest BCUT2D eigenvalue weighted by Gasteiger charge is 2.17. The maximum absolute atomic E-state index is 8.69. The summed E-state index contributed by atoms with van der Waals surface area (Å²) in [6, 6.07) is 16.9. The first-order valence-electron chi connectivity index (χ1n) is 6.71. The van der Waals surface area contributed by atoms with Gasteiger partial charge in [0.15, 0.2) is 0 Å². The Bertz CT molecular complexity index is 588. The van der Waals surface area contributed by atoms with Crippen molar-refractivity contribution in [3.63, 3.8) is 0 Å². The van der Waals surface area contributed by atoms with E-state index in [1.54, 1.807) is 0 Å². The molecule has 0 unspecified atom stereocenters. The number of hydrogen-bond donors (Lipinski definition) is 1. The van der Waals surface area contributed by atoms with Gasteiger partial charge in [-0.1, -0.05) is 50.2 Å². The zero-order valence-electron chi connectivity index (χ0n) is 11.6. The van der Waals surface area contributed by atoms with Crippen molar-refractivity contribution >= 4 is 16.5 Å². The Hall–Kier alpha value is -2.01. The summed E-state index contributed by atoms with van der Waals surface area (Å²) in [6.07, 6.45) is 1.53. The zero-order chi connectivity index (χ0) is 13.7. The van der Waals surface area contributed by atoms with E-state index in [-0.39, 0.29) is 5.41 Å². The SMILES string of the molecule is CC(C)(CCC#N)CNc1cccc2ccccc12. The van der Waals surface area contributed by atoms with Crippen LogP contribution in [0.15, 0.2) is 42.5 Å². The third-order valence-electron chi connectivity index (χ3n) is 3.46. The van der Waals surface area contributed by atoms with Gasteiger partial charge in [0.2, 0.25) is 0 Å². The summed E-state index contributed by atoms with van der Waals surface area (Å²) >= 11 is 0. The van der Waals surface area contributed by atoms with Gasteiger partial charge in [0.05, 0.1) is 6.07 Å². The van der Waals surface area contributed by atoms with Crippen LogP contribution in [0.3, 0.4) is 0 Å². The fourth-order valence-electron chi connectivity index (χ4n) is 2.20. The van der Waals surface area contributed by atoms with E-state index in [4.69, 9.17) is 5.26 Å². The van der Waals surface area contributed by atoms with Crippen molar-refractivity contribution in [1.29, 1.82) is 5.26 Å². The molecule has 0 aliphatic heterocycles. The molecule has 0 saturated carbocycles. The van der Waals surface area contributed by atoms with Crippen LogP contribution in [-0.4, -0.2) is 6.54 Å². The number of fused-ring (bicyclic) bond motifs is 1. The molecule has 2 nitrogen and oxygen atoms in total. The second kappa shape index (κ2) is 5.75. The molecule has 2 aromatic carbocycles. The second-order valence-corrected chi connectivity index (χ2v) is 5.70. The van der Waals surface area contributed by atoms with Crippen LogP contribution in [0.1, 0.15) is 26.7 Å². The summed E-state index contributed by atoms with van der Waals surface area (Å²) in [6.45, 7) is 5.27. The van der Waals surface area contributed by atoms with Gasteiger partial charge < -0.3 is 5.32 Å². The molecular formula is C17H20N2. The van der Waals surface area contributed by atoms with E-state index in [9.17, 15) is 0 Å². The predicted octanol–water partition coefficient (Wildman–Crippen LogP) is 4.58. The third-order valence-corrected chi connectivity index (χ3v) is 3.46. The standard InChI is InChI=1S/C17H20N2/c1-17(2,11-6-12-18)13-19-16-10-5-8-14-7-3-4-9-15(14)16/h3-5,7-10,19H,6,11,13H2,1-2H3. The Morgan fingerprint density at radius 2 is 1.84 bits per heavy atom. The van der Waals surface area contributed by atoms with Crippen LogP contribution in [0.25, 0.3) is 10.8 Å². The molecule has 98 valence electrons. The van der Waals surface area contributed by atoms with E-state index >= 15 is 0 Å². The molecule has 19 heavy (non-hydrogen) atoms. The summed E-state index contributed by atoms with van der Waals surface area (Å²) in [4.78, 5) is 0. The first-order valence-corrected chi connectivity index (χ1v) is 6.71. The normalized spacial score (nSPS) is 11.2. The molecule has 0 spiro atoms. The molecule has 1 N–H and O–H groups in total. The lowest BCUT2D eigenvalue weighted by molar-refractivity contribution is 0.364. The molecule has 2 heteroatoms. The van der Waals surface area contributed by atoms with Gasteiger partial charge in [0, 0.05) is 24.0 Å². The number of benzene rings is 2. The van der Waals surface area contributed by atoms with Crippen molar-refractivity contribution in [2.24, 2.45) is 5.41 Å². The fraction of sp³-hybridized carbons (Fsp3) is 0.353. The first kappa shape index (κ1) is 13.4. The van der Waals surface area contributed by atoms with Gasteiger partial charge in [-0.2, -0.15) is 5.26 Å². The van der Waals surface area contributed by atoms with Crippen LogP contribution in [0.5, 0.6) is 0 Å². The maximum atomic E-state index is 8.69. The van der Waals surface area contributed by atoms with Gasteiger partial charge in [-0.15, -0.1) is 0 Å². The molecule has 0 atom stereocenters. The van der Waals surface area contributed by atoms with E-state index in [2.05, 4.69) is 67.7 Å². The van der Waals surface area contributed by atoms with Crippen molar-refractivity contribution in [1.82, 2.24) is 0 Å². The van der Waals surface area contributed by atoms with E-state index in [0.717, 1.165) is 13.0 Å². The van der Waals surface area contributed by atoms with Crippen LogP contribution in [0.4, 0.5) is 5.69 Å². The van der Waals surface area contributed by atoms with Gasteiger partial charge in [-0.3, -0.25) is 0 Å². The molecule has 0 saturated heterocycles. The topological polar surface area (TPSA) is 35.8 Å². The molecule has 0 aliphatic carbocycles. The molecule has 0 fully saturated rings. The third kappa shape index (κ3) is 3.48. The van der Waals surface area contributed by atoms with Crippen molar-refractivity contribution in [2.45, 2.75) is 26.7 Å². The highest BCUT2D eigenvalue weighted by Crippen LogP contribution is 2.26. The molecule has 2 aromatic rings. The lowest BCUT2D eigenvalue weighted by atomic mass is 9.88. The summed E-state index contributed by atoms with van der Waals surface area (Å²) < 4.78 is 0. The highest BCUT2D eigenvalue weighted by atomic mass is 14.9. The Balaban J connectivity index is 2.12. The van der Waals surface area contributed by atoms with Crippen molar-refractivity contribution in [3.8, 4) is 6.07 Å². The van der Waals surface area contributed by atoms with Crippen LogP contribution in [-0.2, 0) is 0 Å². The van der Waals surface area contributed by atoms with Crippen molar-refractivity contribution < 1.29 is 0 Å². The number of rotatable bonds is 5. The summed E-state index contributed by atoms with van der Waals surface area (Å²) in [5.74, 6) is 0. The van der Waals surface area contributed by atoms with Gasteiger partial charge in [0.25, 0.3) is 0 Å². The van der Waals surface area contributed by atoms with Gasteiger partial charge in [-0.25, -0.2) is 0 Å². The Morgan fingerprint density at radius 1 is 1.11 bits per heavy atom. The van der Waals surface area contributed by atoms with E-state index in [1.807, 2.05) is 0 Å². The quantitative estimate of drug-likeness (QED) is 0.845. The lowest BCUT2D eigenvalue weighted by Crippen LogP contribution is -2.22. The number of nitrogens with one attached hydrogen (secondary N) is 1. The van der Waals surface area contributed by atoms with E-state index < -0.39 is 0 Å². The minimum Gasteiger partial charge on any atom is -0.384 e. The smallest absolute Gasteiger partial charge is 0.0621 e. The number of nitriles is 1. The van der Waals surface area contributed by atoms with Crippen LogP contribution in [0.2, 0.25) is 0 Å². The van der Waals surface area contributed by atoms with Gasteiger partial charge in [0.1, 0.15) is 0 Å². The Morgan fingerprint density at radius 3 is 2.63 bits per heavy atom. The van der Waals surface area contributed by atoms with Crippen molar-refractivity contribution in [2.75, 3.05) is 11.9 Å². The molecule has 0 amide bonds. The minimum absolute atomic E-state index is 0.132. The van der Waals surface area contributed by atoms with Crippen LogP contribution < -0.4 is 5.32 Å². The Labute approximate surface area is 115 Å². The average molecular weight is 252 g/mol. The summed E-state index contributed by atoms with van der Waals surface area (Å²) in [5, 5.41) is 14.7. The summed E-state index contributed by atoms with van der Waals surface area (Å²) in [7, 11) is 0. The number of nitrogens with zero attached hydrogens (tertiary/aromatic N) is 1. The first-order chi connectivity index (χ1) is 9.12. The molecule has 0 radical (unpaired) electrons. The second-order valence-electron chi connectivity index (χ2n) is 5.70. The molecule has 0 aliphatic rings. The average Bonchev–Trinajstić information content (AvgIpc) is 2.43.